The number of H-pyrrole nitrogens is 1. The average Bonchev–Trinajstić information content (AvgIpc) is 1.69. The van der Waals surface area contributed by atoms with Crippen LogP contribution in [-0.4, -0.2) is 343 Å². The molecule has 3 aliphatic rings. The van der Waals surface area contributed by atoms with E-state index in [1.54, 1.807) is 85.7 Å². The van der Waals surface area contributed by atoms with Crippen LogP contribution in [0.25, 0.3) is 0 Å². The van der Waals surface area contributed by atoms with E-state index in [0.717, 1.165) is 11.3 Å². The van der Waals surface area contributed by atoms with Gasteiger partial charge in [0.05, 0.1) is 58.1 Å². The summed E-state index contributed by atoms with van der Waals surface area (Å²) in [6.45, 7) is 11.3. The van der Waals surface area contributed by atoms with E-state index in [1.165, 1.54) is 48.6 Å². The van der Waals surface area contributed by atoms with Crippen LogP contribution in [0.4, 0.5) is 0 Å². The molecule has 26 N–H and O–H groups in total. The maximum atomic E-state index is 14.6. The number of amides is 21. The Kier molecular flexibility index (Phi) is 50.7. The van der Waals surface area contributed by atoms with Gasteiger partial charge in [0.15, 0.2) is 0 Å². The number of aliphatic carboxylic acids is 2. The van der Waals surface area contributed by atoms with Crippen molar-refractivity contribution in [2.24, 2.45) is 29.4 Å². The molecule has 21 amide bonds. The topological polar surface area (TPSA) is 763 Å². The van der Waals surface area contributed by atoms with Crippen LogP contribution < -0.4 is 107 Å². The number of thiol groups is 2. The Morgan fingerprint density at radius 2 is 0.810 bits per heavy atom. The number of benzene rings is 2. The van der Waals surface area contributed by atoms with E-state index in [-0.39, 0.29) is 118 Å². The number of aliphatic hydroxyl groups excluding tert-OH is 1. The molecule has 3 fully saturated rings. The van der Waals surface area contributed by atoms with Crippen molar-refractivity contribution in [2.45, 2.75) is 262 Å². The third-order valence-electron chi connectivity index (χ3n) is 23.7. The van der Waals surface area contributed by atoms with E-state index in [0.29, 0.717) is 36.9 Å². The molecule has 4 heterocycles. The highest BCUT2D eigenvalue weighted by molar-refractivity contribution is 7.80. The van der Waals surface area contributed by atoms with Crippen molar-refractivity contribution >= 4 is 161 Å². The summed E-state index contributed by atoms with van der Waals surface area (Å²) in [5.41, 5.74) is 6.52. The van der Waals surface area contributed by atoms with Gasteiger partial charge in [0.2, 0.25) is 124 Å². The quantitative estimate of drug-likeness (QED) is 0.0234. The highest BCUT2D eigenvalue weighted by Gasteiger charge is 2.43. The number of carbonyl (C=O) groups is 23. The number of nitrogens with two attached hydrogens (primary N) is 1. The summed E-state index contributed by atoms with van der Waals surface area (Å²) in [4.78, 5) is 321. The number of aromatic hydroxyl groups is 1. The Morgan fingerprint density at radius 3 is 1.27 bits per heavy atom. The van der Waals surface area contributed by atoms with Gasteiger partial charge < -0.3 is 142 Å². The fourth-order valence-corrected chi connectivity index (χ4v) is 16.6. The number of imidazole rings is 1. The number of nitrogens with one attached hydrogen (secondary N) is 20. The number of phenols is 1. The Labute approximate surface area is 859 Å². The molecule has 3 saturated heterocycles. The second-order valence-corrected chi connectivity index (χ2v) is 38.5. The summed E-state index contributed by atoms with van der Waals surface area (Å²) in [5, 5.41) is 87.4. The molecule has 0 spiro atoms. The van der Waals surface area contributed by atoms with Crippen molar-refractivity contribution < 1.29 is 131 Å². The maximum Gasteiger partial charge on any atom is 0.326 e. The standard InChI is InChI=1S/C94H140N24O27S2/c1-48(2)30-59(105-73(122)41-100-82(132)68(45-146)115-90(140)64(35-54-21-23-56(120)24-22-54)112-89(139)63(34-53-16-11-10-12-17-53)107-75(124)42-101-83(133)69(46-147)116-92(142)70-19-14-28-117(70)77(126)43-102-79(129)52(9)104-84(134)57-18-13-27-97-57)80(130)98-39-74(123)106-60(31-49(3)4)86(136)110-61(32-50(5)6)87(137)111-62(33-51(7)8)88(138)113-65(36-55-38-96-47-103-55)81(131)99-40-76(125)108-66(37-78(127)128)91(141)109-58(25-26-72(95)121)85(135)114-67(44-119)93(143)118-29-15-20-71(118)94(144)145/h10-12,16-17,21-24,38,47-52,57-71,97,119-120,146-147H,13-15,18-20,25-37,39-46H2,1-9H3,(H2,95,121)(H,96,103)(H,98,130)(H,99,131)(H,100,132)(H,101,133)(H,102,129)(H,104,134)(H,105,122)(H,106,123)(H,107,124)(H,108,125)(H,109,141)(H,110,136)(H,111,137)(H,112,139)(H,113,138)(H,114,135)(H,115,140)(H,116,142)(H,127,128)(H,144,145)/t52-,57-,58-,59-,60-,61-,62-,63-,64-,65-,66-,67-,68-,69-,70-,71-/m0/s1. The molecule has 53 heteroatoms. The molecule has 0 unspecified atom stereocenters. The molecule has 16 atom stereocenters. The molecule has 51 nitrogen and oxygen atoms in total. The average molecular weight is 2100 g/mol. The maximum absolute atomic E-state index is 14.6. The predicted octanol–water partition coefficient (Wildman–Crippen LogP) is -7.36. The first-order valence-corrected chi connectivity index (χ1v) is 49.8. The smallest absolute Gasteiger partial charge is 0.326 e. The van der Waals surface area contributed by atoms with E-state index in [9.17, 15) is 131 Å². The number of carbonyl (C=O) groups excluding carboxylic acids is 21. The van der Waals surface area contributed by atoms with Crippen molar-refractivity contribution in [1.29, 1.82) is 0 Å². The van der Waals surface area contributed by atoms with Crippen molar-refractivity contribution in [2.75, 3.05) is 70.5 Å². The first-order valence-electron chi connectivity index (χ1n) is 48.5. The summed E-state index contributed by atoms with van der Waals surface area (Å²) in [5.74, 6) is -24.0. The summed E-state index contributed by atoms with van der Waals surface area (Å²) in [6.07, 6.45) is 1.80. The number of rotatable bonds is 61. The van der Waals surface area contributed by atoms with Gasteiger partial charge in [0, 0.05) is 62.2 Å². The zero-order valence-electron chi connectivity index (χ0n) is 83.5. The number of aromatic nitrogens is 2. The number of nitrogens with zero attached hydrogens (tertiary/aromatic N) is 3. The summed E-state index contributed by atoms with van der Waals surface area (Å²) >= 11 is 8.55. The zero-order chi connectivity index (χ0) is 109. The van der Waals surface area contributed by atoms with Crippen molar-refractivity contribution in [3.8, 4) is 5.75 Å². The molecular weight excluding hydrogens is 1960 g/mol. The lowest BCUT2D eigenvalue weighted by atomic mass is 9.98. The minimum Gasteiger partial charge on any atom is -0.508 e. The van der Waals surface area contributed by atoms with E-state index in [1.807, 2.05) is 0 Å². The van der Waals surface area contributed by atoms with Crippen LogP contribution in [0, 0.1) is 23.7 Å². The van der Waals surface area contributed by atoms with Crippen molar-refractivity contribution in [3.05, 3.63) is 83.9 Å². The van der Waals surface area contributed by atoms with E-state index < -0.39 is 291 Å². The number of carboxylic acid groups (broad SMARTS) is 2. The largest absolute Gasteiger partial charge is 0.508 e. The molecular formula is C94H140N24O27S2. The normalized spacial score (nSPS) is 16.9. The Hall–Kier alpha value is -14.1. The second-order valence-electron chi connectivity index (χ2n) is 37.7. The molecule has 2 aromatic carbocycles. The van der Waals surface area contributed by atoms with Crippen LogP contribution >= 0.6 is 25.3 Å². The Morgan fingerprint density at radius 1 is 0.415 bits per heavy atom. The number of hydrogen-bond acceptors (Lipinski definition) is 29. The predicted molar refractivity (Wildman–Crippen MR) is 531 cm³/mol. The Bertz CT molecular complexity index is 5070. The van der Waals surface area contributed by atoms with E-state index in [4.69, 9.17) is 5.73 Å². The number of phenolic OH excluding ortho intramolecular Hbond substituents is 1. The van der Waals surface area contributed by atoms with Crippen LogP contribution in [0.5, 0.6) is 5.75 Å². The van der Waals surface area contributed by atoms with Crippen molar-refractivity contribution in [3.63, 3.8) is 0 Å². The number of carboxylic acids is 2. The SMILES string of the molecule is CC(C)C[C@H](NC(=O)CNC(=O)[C@H](CS)NC(=O)[C@H](Cc1ccc(O)cc1)NC(=O)[C@H](Cc1ccccc1)NC(=O)CNC(=O)[C@H](CS)NC(=O)[C@@H]1CCCN1C(=O)CNC(=O)[C@H](C)NC(=O)[C@@H]1CCCN1)C(=O)NCC(=O)N[C@@H](CC(C)C)C(=O)N[C@@H](CC(C)C)C(=O)N[C@@H](CC(C)C)C(=O)N[C@@H](Cc1cnc[nH]1)C(=O)NCC(=O)N[C@@H](CC(=O)O)C(=O)N[C@@H](CCC(N)=O)C(=O)N[C@@H](CO)C(=O)N1CCC[C@H]1C(=O)O. The summed E-state index contributed by atoms with van der Waals surface area (Å²) in [7, 11) is 0. The van der Waals surface area contributed by atoms with E-state index >= 15 is 0 Å². The lowest BCUT2D eigenvalue weighted by Crippen LogP contribution is -2.60. The van der Waals surface area contributed by atoms with Gasteiger partial charge in [-0.2, -0.15) is 25.3 Å². The first kappa shape index (κ1) is 122. The zero-order valence-corrected chi connectivity index (χ0v) is 85.3. The van der Waals surface area contributed by atoms with Gasteiger partial charge in [-0.1, -0.05) is 97.9 Å². The monoisotopic (exact) mass is 2100 g/mol. The van der Waals surface area contributed by atoms with Crippen LogP contribution in [0.2, 0.25) is 0 Å². The summed E-state index contributed by atoms with van der Waals surface area (Å²) < 4.78 is 0. The third-order valence-corrected chi connectivity index (χ3v) is 24.4. The van der Waals surface area contributed by atoms with Crippen LogP contribution in [0.1, 0.15) is 163 Å². The van der Waals surface area contributed by atoms with Gasteiger partial charge >= 0.3 is 11.9 Å². The minimum absolute atomic E-state index is 0.0184. The lowest BCUT2D eigenvalue weighted by Gasteiger charge is -2.28. The molecule has 0 radical (unpaired) electrons. The van der Waals surface area contributed by atoms with Gasteiger partial charge in [-0.25, -0.2) is 9.78 Å². The second kappa shape index (κ2) is 61.4. The minimum atomic E-state index is -2.00. The van der Waals surface area contributed by atoms with Crippen LogP contribution in [-0.2, 0) is 130 Å². The summed E-state index contributed by atoms with van der Waals surface area (Å²) in [6, 6.07) is -8.31. The van der Waals surface area contributed by atoms with Gasteiger partial charge in [0.1, 0.15) is 96.4 Å². The highest BCUT2D eigenvalue weighted by atomic mass is 32.1. The lowest BCUT2D eigenvalue weighted by molar-refractivity contribution is -0.150. The molecule has 1 aromatic heterocycles. The van der Waals surface area contributed by atoms with Gasteiger partial charge in [0.25, 0.3) is 0 Å². The number of aromatic amines is 1. The van der Waals surface area contributed by atoms with Crippen LogP contribution in [0.3, 0.4) is 0 Å². The molecule has 0 aliphatic carbocycles. The Balaban J connectivity index is 1.04. The molecule has 0 bridgehead atoms. The van der Waals surface area contributed by atoms with Gasteiger partial charge in [-0.05, 0) is 131 Å². The fraction of sp³-hybridized carbons (Fsp3) is 0.596. The molecule has 0 saturated carbocycles. The third kappa shape index (κ3) is 42.1. The van der Waals surface area contributed by atoms with E-state index in [2.05, 4.69) is 136 Å². The van der Waals surface area contributed by atoms with Crippen molar-refractivity contribution in [1.82, 2.24) is 121 Å². The highest BCUT2D eigenvalue weighted by Crippen LogP contribution is 2.23. The molecule has 3 aromatic rings. The fourth-order valence-electron chi connectivity index (χ4n) is 16.1. The molecule has 810 valence electrons. The molecule has 3 aliphatic heterocycles. The number of hydrogen-bond donors (Lipinski definition) is 27. The molecule has 6 rings (SSSR count). The van der Waals surface area contributed by atoms with Gasteiger partial charge in [-0.3, -0.25) is 105 Å². The molecule has 147 heavy (non-hydrogen) atoms. The van der Waals surface area contributed by atoms with Gasteiger partial charge in [-0.15, -0.1) is 0 Å². The number of aliphatic hydroxyl groups is 1. The number of primary amides is 1. The number of likely N-dealkylation sites (tertiary alicyclic amines) is 2. The van der Waals surface area contributed by atoms with Crippen LogP contribution in [0.15, 0.2) is 67.1 Å². The first-order chi connectivity index (χ1) is 69.6.